The minimum absolute atomic E-state index is 0.0375. The van der Waals surface area contributed by atoms with E-state index in [1.54, 1.807) is 6.08 Å². The number of carbonyl (C=O) groups excluding carboxylic acids is 2. The predicted octanol–water partition coefficient (Wildman–Crippen LogP) is 11.6. The van der Waals surface area contributed by atoms with E-state index < -0.39 is 12.1 Å². The van der Waals surface area contributed by atoms with Gasteiger partial charge >= 0.3 is 5.97 Å². The van der Waals surface area contributed by atoms with Crippen LogP contribution in [0.1, 0.15) is 213 Å². The number of unbranched alkanes of at least 4 members (excludes halogenated alkanes) is 25. The van der Waals surface area contributed by atoms with Crippen LogP contribution in [0.25, 0.3) is 0 Å². The molecule has 0 aliphatic heterocycles. The first-order chi connectivity index (χ1) is 24.0. The number of hydrogen-bond acceptors (Lipinski definition) is 5. The minimum atomic E-state index is -0.871. The Labute approximate surface area is 303 Å². The second-order valence-corrected chi connectivity index (χ2v) is 14.3. The molecule has 0 rings (SSSR count). The summed E-state index contributed by atoms with van der Waals surface area (Å²) in [6.45, 7) is 4.76. The minimum Gasteiger partial charge on any atom is -0.466 e. The molecule has 2 atom stereocenters. The number of ether oxygens (including phenoxy) is 1. The average Bonchev–Trinajstić information content (AvgIpc) is 3.10. The number of rotatable bonds is 38. The van der Waals surface area contributed by atoms with Gasteiger partial charge in [-0.1, -0.05) is 173 Å². The van der Waals surface area contributed by atoms with Gasteiger partial charge in [-0.2, -0.15) is 0 Å². The SMILES string of the molecule is CCCCCCCCC/C=C/C(O)C(CO)NC(=O)CCC/C=C\CCCCCCOC(=O)CCCCCCCCCCCCCCCC. The van der Waals surface area contributed by atoms with Crippen molar-refractivity contribution in [2.24, 2.45) is 0 Å². The molecular weight excluding hydrogens is 610 g/mol. The van der Waals surface area contributed by atoms with Crippen LogP contribution in [-0.4, -0.2) is 47.4 Å². The molecule has 0 fully saturated rings. The van der Waals surface area contributed by atoms with Crippen LogP contribution in [0.15, 0.2) is 24.3 Å². The molecule has 0 aliphatic carbocycles. The molecule has 0 saturated heterocycles. The summed E-state index contributed by atoms with van der Waals surface area (Å²) in [5.74, 6) is -0.170. The lowest BCUT2D eigenvalue weighted by atomic mass is 10.0. The van der Waals surface area contributed by atoms with Gasteiger partial charge in [0.1, 0.15) is 0 Å². The summed E-state index contributed by atoms with van der Waals surface area (Å²) in [4.78, 5) is 24.3. The zero-order valence-electron chi connectivity index (χ0n) is 32.4. The molecule has 0 radical (unpaired) electrons. The Morgan fingerprint density at radius 1 is 0.551 bits per heavy atom. The van der Waals surface area contributed by atoms with E-state index in [-0.39, 0.29) is 18.5 Å². The summed E-state index contributed by atoms with van der Waals surface area (Å²) in [6, 6.07) is -0.661. The lowest BCUT2D eigenvalue weighted by Crippen LogP contribution is -2.45. The van der Waals surface area contributed by atoms with Crippen molar-refractivity contribution in [1.82, 2.24) is 5.32 Å². The van der Waals surface area contributed by atoms with Gasteiger partial charge in [-0.15, -0.1) is 0 Å². The van der Waals surface area contributed by atoms with Crippen LogP contribution in [0.2, 0.25) is 0 Å². The molecule has 0 spiro atoms. The van der Waals surface area contributed by atoms with Crippen molar-refractivity contribution in [1.29, 1.82) is 0 Å². The number of allylic oxidation sites excluding steroid dienone is 3. The number of nitrogens with one attached hydrogen (secondary N) is 1. The second-order valence-electron chi connectivity index (χ2n) is 14.3. The number of aliphatic hydroxyl groups excluding tert-OH is 2. The topological polar surface area (TPSA) is 95.9 Å². The van der Waals surface area contributed by atoms with Gasteiger partial charge in [0.15, 0.2) is 0 Å². The standard InChI is InChI=1S/C43H81NO5/c1-3-5-7-9-11-13-14-15-16-17-21-25-29-33-37-43(48)49-38-34-30-26-22-18-20-24-28-32-36-42(47)44-40(39-45)41(46)35-31-27-23-19-12-10-8-6-4-2/h20,24,31,35,40-41,45-46H,3-19,21-23,25-30,32-34,36-39H2,1-2H3,(H,44,47)/b24-20-,35-31+. The van der Waals surface area contributed by atoms with Gasteiger partial charge in [-0.3, -0.25) is 9.59 Å². The van der Waals surface area contributed by atoms with Gasteiger partial charge in [-0.05, 0) is 51.4 Å². The molecule has 2 unspecified atom stereocenters. The molecule has 0 bridgehead atoms. The molecule has 0 aromatic carbocycles. The smallest absolute Gasteiger partial charge is 0.305 e. The fourth-order valence-corrected chi connectivity index (χ4v) is 6.16. The zero-order valence-corrected chi connectivity index (χ0v) is 32.4. The lowest BCUT2D eigenvalue weighted by molar-refractivity contribution is -0.143. The molecule has 0 aliphatic rings. The first-order valence-electron chi connectivity index (χ1n) is 21.1. The van der Waals surface area contributed by atoms with Gasteiger partial charge in [0, 0.05) is 12.8 Å². The van der Waals surface area contributed by atoms with E-state index in [0.717, 1.165) is 70.6 Å². The largest absolute Gasteiger partial charge is 0.466 e. The van der Waals surface area contributed by atoms with Crippen LogP contribution in [-0.2, 0) is 14.3 Å². The molecule has 288 valence electrons. The van der Waals surface area contributed by atoms with E-state index in [0.29, 0.717) is 19.4 Å². The van der Waals surface area contributed by atoms with Crippen LogP contribution in [0.3, 0.4) is 0 Å². The molecule has 3 N–H and O–H groups in total. The number of esters is 1. The Kier molecular flexibility index (Phi) is 37.8. The second kappa shape index (κ2) is 39.1. The average molecular weight is 692 g/mol. The highest BCUT2D eigenvalue weighted by molar-refractivity contribution is 5.76. The van der Waals surface area contributed by atoms with E-state index in [4.69, 9.17) is 4.74 Å². The number of carbonyl (C=O) groups is 2. The Morgan fingerprint density at radius 2 is 0.980 bits per heavy atom. The molecule has 0 heterocycles. The quantitative estimate of drug-likeness (QED) is 0.0340. The number of aliphatic hydroxyl groups is 2. The first-order valence-corrected chi connectivity index (χ1v) is 21.1. The summed E-state index contributed by atoms with van der Waals surface area (Å²) in [7, 11) is 0. The van der Waals surface area contributed by atoms with Gasteiger partial charge < -0.3 is 20.3 Å². The van der Waals surface area contributed by atoms with E-state index in [2.05, 4.69) is 31.3 Å². The Morgan fingerprint density at radius 3 is 1.49 bits per heavy atom. The molecule has 1 amide bonds. The van der Waals surface area contributed by atoms with Crippen molar-refractivity contribution in [2.45, 2.75) is 225 Å². The highest BCUT2D eigenvalue weighted by Gasteiger charge is 2.17. The maximum Gasteiger partial charge on any atom is 0.305 e. The van der Waals surface area contributed by atoms with Crippen molar-refractivity contribution in [2.75, 3.05) is 13.2 Å². The molecule has 0 saturated carbocycles. The van der Waals surface area contributed by atoms with Gasteiger partial charge in [0.2, 0.25) is 5.91 Å². The van der Waals surface area contributed by atoms with Crippen LogP contribution in [0, 0.1) is 0 Å². The summed E-state index contributed by atoms with van der Waals surface area (Å²) >= 11 is 0. The highest BCUT2D eigenvalue weighted by Crippen LogP contribution is 2.14. The Hall–Kier alpha value is -1.66. The van der Waals surface area contributed by atoms with E-state index in [1.807, 2.05) is 6.08 Å². The highest BCUT2D eigenvalue weighted by atomic mass is 16.5. The summed E-state index contributed by atoms with van der Waals surface area (Å²) < 4.78 is 5.42. The fraction of sp³-hybridized carbons (Fsp3) is 0.860. The molecule has 6 heteroatoms. The first kappa shape index (κ1) is 47.3. The van der Waals surface area contributed by atoms with Gasteiger partial charge in [0.25, 0.3) is 0 Å². The normalized spacial score (nSPS) is 13.0. The van der Waals surface area contributed by atoms with Crippen molar-refractivity contribution in [3.8, 4) is 0 Å². The zero-order chi connectivity index (χ0) is 35.9. The Balaban J connectivity index is 3.56. The predicted molar refractivity (Wildman–Crippen MR) is 209 cm³/mol. The summed E-state index contributed by atoms with van der Waals surface area (Å²) in [6.07, 6.45) is 43.1. The van der Waals surface area contributed by atoms with E-state index in [9.17, 15) is 19.8 Å². The molecule has 0 aromatic rings. The van der Waals surface area contributed by atoms with Crippen molar-refractivity contribution in [3.05, 3.63) is 24.3 Å². The van der Waals surface area contributed by atoms with E-state index in [1.165, 1.54) is 116 Å². The van der Waals surface area contributed by atoms with Crippen molar-refractivity contribution < 1.29 is 24.5 Å². The molecule has 6 nitrogen and oxygen atoms in total. The van der Waals surface area contributed by atoms with Crippen LogP contribution in [0.4, 0.5) is 0 Å². The van der Waals surface area contributed by atoms with Gasteiger partial charge in [-0.25, -0.2) is 0 Å². The third-order valence-electron chi connectivity index (χ3n) is 9.47. The molecular formula is C43H81NO5. The van der Waals surface area contributed by atoms with E-state index >= 15 is 0 Å². The van der Waals surface area contributed by atoms with Crippen molar-refractivity contribution >= 4 is 11.9 Å². The maximum absolute atomic E-state index is 12.3. The monoisotopic (exact) mass is 692 g/mol. The van der Waals surface area contributed by atoms with Gasteiger partial charge in [0.05, 0.1) is 25.4 Å². The van der Waals surface area contributed by atoms with Crippen molar-refractivity contribution in [3.63, 3.8) is 0 Å². The summed E-state index contributed by atoms with van der Waals surface area (Å²) in [5.41, 5.74) is 0. The van der Waals surface area contributed by atoms with Crippen LogP contribution in [0.5, 0.6) is 0 Å². The third-order valence-corrected chi connectivity index (χ3v) is 9.47. The molecule has 49 heavy (non-hydrogen) atoms. The number of amides is 1. The molecule has 0 aromatic heterocycles. The number of hydrogen-bond donors (Lipinski definition) is 3. The third kappa shape index (κ3) is 36.0. The van der Waals surface area contributed by atoms with Crippen LogP contribution < -0.4 is 5.32 Å². The fourth-order valence-electron chi connectivity index (χ4n) is 6.16. The summed E-state index contributed by atoms with van der Waals surface area (Å²) in [5, 5.41) is 22.8. The van der Waals surface area contributed by atoms with Crippen LogP contribution >= 0.6 is 0 Å². The maximum atomic E-state index is 12.3. The lowest BCUT2D eigenvalue weighted by Gasteiger charge is -2.19. The Bertz CT molecular complexity index is 767.